The summed E-state index contributed by atoms with van der Waals surface area (Å²) in [5, 5.41) is 0. The fourth-order valence-corrected chi connectivity index (χ4v) is 4.75. The van der Waals surface area contributed by atoms with E-state index in [0.717, 1.165) is 30.6 Å². The number of nitrogens with zero attached hydrogens (tertiary/aromatic N) is 1. The van der Waals surface area contributed by atoms with E-state index in [1.165, 1.54) is 6.26 Å². The lowest BCUT2D eigenvalue weighted by molar-refractivity contribution is 0.0733. The lowest BCUT2D eigenvalue weighted by atomic mass is 9.86. The third-order valence-electron chi connectivity index (χ3n) is 5.19. The van der Waals surface area contributed by atoms with Crippen LogP contribution in [-0.4, -0.2) is 38.9 Å². The van der Waals surface area contributed by atoms with E-state index >= 15 is 0 Å². The van der Waals surface area contributed by atoms with Crippen molar-refractivity contribution >= 4 is 10.0 Å². The van der Waals surface area contributed by atoms with E-state index in [1.54, 1.807) is 6.26 Å². The highest BCUT2D eigenvalue weighted by Gasteiger charge is 2.45. The van der Waals surface area contributed by atoms with Gasteiger partial charge < -0.3 is 13.9 Å². The SMILES string of the molecule is CS(=O)(=O)N[C@H]1CC[C@@]2(COCCc3cccc(c3)OCc3coc2n3)C1. The Hall–Kier alpha value is -1.90. The Kier molecular flexibility index (Phi) is 4.96. The predicted octanol–water partition coefficient (Wildman–Crippen LogP) is 2.17. The molecule has 1 aliphatic carbocycles. The second-order valence-electron chi connectivity index (χ2n) is 7.49. The first-order valence-corrected chi connectivity index (χ1v) is 11.0. The molecule has 1 aliphatic heterocycles. The molecule has 0 amide bonds. The van der Waals surface area contributed by atoms with Crippen LogP contribution in [0, 0.1) is 0 Å². The summed E-state index contributed by atoms with van der Waals surface area (Å²) in [5.74, 6) is 1.40. The number of hydrogen-bond donors (Lipinski definition) is 1. The Balaban J connectivity index is 1.58. The van der Waals surface area contributed by atoms with Crippen molar-refractivity contribution in [3.8, 4) is 5.75 Å². The first-order chi connectivity index (χ1) is 12.9. The molecule has 2 aromatic rings. The van der Waals surface area contributed by atoms with E-state index in [1.807, 2.05) is 18.2 Å². The molecule has 0 unspecified atom stereocenters. The minimum absolute atomic E-state index is 0.138. The molecular formula is C19H24N2O5S. The van der Waals surface area contributed by atoms with Crippen molar-refractivity contribution < 1.29 is 22.3 Å². The number of nitrogens with one attached hydrogen (secondary N) is 1. The van der Waals surface area contributed by atoms with E-state index in [-0.39, 0.29) is 6.04 Å². The molecule has 8 heteroatoms. The van der Waals surface area contributed by atoms with Gasteiger partial charge in [0.25, 0.3) is 0 Å². The van der Waals surface area contributed by atoms with Gasteiger partial charge in [-0.1, -0.05) is 12.1 Å². The third-order valence-corrected chi connectivity index (χ3v) is 5.95. The molecule has 146 valence electrons. The van der Waals surface area contributed by atoms with Gasteiger partial charge in [-0.15, -0.1) is 0 Å². The van der Waals surface area contributed by atoms with Gasteiger partial charge in [0, 0.05) is 6.04 Å². The van der Waals surface area contributed by atoms with E-state index in [2.05, 4.69) is 15.8 Å². The van der Waals surface area contributed by atoms with Crippen LogP contribution in [0.25, 0.3) is 0 Å². The molecule has 4 bridgehead atoms. The van der Waals surface area contributed by atoms with Crippen molar-refractivity contribution in [3.05, 3.63) is 47.7 Å². The average molecular weight is 392 g/mol. The van der Waals surface area contributed by atoms with E-state index in [0.29, 0.717) is 37.8 Å². The van der Waals surface area contributed by atoms with Crippen molar-refractivity contribution in [3.63, 3.8) is 0 Å². The normalized spacial score (nSPS) is 26.0. The highest BCUT2D eigenvalue weighted by atomic mass is 32.2. The maximum absolute atomic E-state index is 11.6. The first kappa shape index (κ1) is 18.5. The largest absolute Gasteiger partial charge is 0.487 e. The summed E-state index contributed by atoms with van der Waals surface area (Å²) in [6, 6.07) is 7.82. The quantitative estimate of drug-likeness (QED) is 0.842. The Bertz CT molecular complexity index is 910. The highest BCUT2D eigenvalue weighted by molar-refractivity contribution is 7.88. The summed E-state index contributed by atoms with van der Waals surface area (Å²) in [6.07, 6.45) is 5.68. The summed E-state index contributed by atoms with van der Waals surface area (Å²) >= 11 is 0. The Morgan fingerprint density at radius 3 is 3.07 bits per heavy atom. The number of rotatable bonds is 2. The smallest absolute Gasteiger partial charge is 0.208 e. The number of hydrogen-bond acceptors (Lipinski definition) is 6. The van der Waals surface area contributed by atoms with Crippen LogP contribution in [0.2, 0.25) is 0 Å². The lowest BCUT2D eigenvalue weighted by Gasteiger charge is -2.26. The zero-order chi connectivity index (χ0) is 18.9. The van der Waals surface area contributed by atoms with Crippen LogP contribution in [-0.2, 0) is 33.2 Å². The van der Waals surface area contributed by atoms with Gasteiger partial charge in [0.2, 0.25) is 15.9 Å². The van der Waals surface area contributed by atoms with Crippen LogP contribution in [0.4, 0.5) is 0 Å². The van der Waals surface area contributed by atoms with Crippen molar-refractivity contribution in [2.45, 2.75) is 43.7 Å². The van der Waals surface area contributed by atoms with Gasteiger partial charge in [-0.2, -0.15) is 0 Å². The number of oxazole rings is 1. The van der Waals surface area contributed by atoms with Crippen LogP contribution in [0.3, 0.4) is 0 Å². The first-order valence-electron chi connectivity index (χ1n) is 9.14. The van der Waals surface area contributed by atoms with Crippen LogP contribution in [0.5, 0.6) is 5.75 Å². The Morgan fingerprint density at radius 1 is 1.33 bits per heavy atom. The van der Waals surface area contributed by atoms with Crippen molar-refractivity contribution in [1.29, 1.82) is 0 Å². The molecule has 27 heavy (non-hydrogen) atoms. The number of aromatic nitrogens is 1. The Labute approximate surface area is 159 Å². The van der Waals surface area contributed by atoms with Crippen molar-refractivity contribution in [1.82, 2.24) is 9.71 Å². The monoisotopic (exact) mass is 392 g/mol. The molecule has 1 N–H and O–H groups in total. The van der Waals surface area contributed by atoms with E-state index < -0.39 is 15.4 Å². The number of ether oxygens (including phenoxy) is 2. The molecule has 1 aromatic carbocycles. The molecule has 1 aromatic heterocycles. The highest BCUT2D eigenvalue weighted by Crippen LogP contribution is 2.41. The summed E-state index contributed by atoms with van der Waals surface area (Å²) in [7, 11) is -3.26. The zero-order valence-electron chi connectivity index (χ0n) is 15.3. The molecule has 1 spiro atoms. The number of sulfonamides is 1. The molecule has 7 nitrogen and oxygen atoms in total. The number of fused-ring (bicyclic) bond motifs is 5. The molecule has 0 saturated heterocycles. The molecule has 4 rings (SSSR count). The minimum atomic E-state index is -3.26. The van der Waals surface area contributed by atoms with Gasteiger partial charge in [-0.25, -0.2) is 18.1 Å². The van der Waals surface area contributed by atoms with E-state index in [4.69, 9.17) is 13.9 Å². The van der Waals surface area contributed by atoms with Gasteiger partial charge in [0.1, 0.15) is 24.3 Å². The fraction of sp³-hybridized carbons (Fsp3) is 0.526. The van der Waals surface area contributed by atoms with Gasteiger partial charge in [-0.3, -0.25) is 0 Å². The molecule has 2 atom stereocenters. The zero-order valence-corrected chi connectivity index (χ0v) is 16.1. The van der Waals surface area contributed by atoms with Crippen LogP contribution < -0.4 is 9.46 Å². The Morgan fingerprint density at radius 2 is 2.22 bits per heavy atom. The maximum Gasteiger partial charge on any atom is 0.208 e. The topological polar surface area (TPSA) is 90.7 Å². The van der Waals surface area contributed by atoms with Crippen molar-refractivity contribution in [2.75, 3.05) is 19.5 Å². The molecular weight excluding hydrogens is 368 g/mol. The fourth-order valence-electron chi connectivity index (χ4n) is 3.94. The van der Waals surface area contributed by atoms with E-state index in [9.17, 15) is 8.42 Å². The van der Waals surface area contributed by atoms with Crippen LogP contribution in [0.1, 0.15) is 36.4 Å². The minimum Gasteiger partial charge on any atom is -0.487 e. The molecule has 0 radical (unpaired) electrons. The van der Waals surface area contributed by atoms with Gasteiger partial charge in [0.15, 0.2) is 0 Å². The van der Waals surface area contributed by atoms with Gasteiger partial charge >= 0.3 is 0 Å². The van der Waals surface area contributed by atoms with Crippen molar-refractivity contribution in [2.24, 2.45) is 0 Å². The standard InChI is InChI=1S/C19H24N2O5S/c1-27(22,23)21-15-5-7-19(10-15)13-24-8-6-14-3-2-4-17(9-14)25-11-16-12-26-18(19)20-16/h2-4,9,12,15,21H,5-8,10-11,13H2,1H3/t15-,19-/m0/s1. The number of benzene rings is 1. The predicted molar refractivity (Wildman–Crippen MR) is 99.1 cm³/mol. The average Bonchev–Trinajstić information content (AvgIpc) is 3.24. The summed E-state index contributed by atoms with van der Waals surface area (Å²) in [6.45, 7) is 1.35. The lowest BCUT2D eigenvalue weighted by Crippen LogP contribution is -2.36. The molecule has 2 heterocycles. The molecule has 1 fully saturated rings. The summed E-state index contributed by atoms with van der Waals surface area (Å²) < 4.78 is 43.6. The maximum atomic E-state index is 11.6. The second kappa shape index (κ2) is 7.26. The molecule has 2 aliphatic rings. The molecule has 1 saturated carbocycles. The summed E-state index contributed by atoms with van der Waals surface area (Å²) in [4.78, 5) is 4.63. The van der Waals surface area contributed by atoms with Gasteiger partial charge in [0.05, 0.1) is 24.9 Å². The summed E-state index contributed by atoms with van der Waals surface area (Å²) in [5.41, 5.74) is 1.45. The third kappa shape index (κ3) is 4.34. The van der Waals surface area contributed by atoms with Crippen LogP contribution in [0.15, 0.2) is 34.9 Å². The second-order valence-corrected chi connectivity index (χ2v) is 9.27. The van der Waals surface area contributed by atoms with Crippen LogP contribution >= 0.6 is 0 Å². The van der Waals surface area contributed by atoms with Gasteiger partial charge in [-0.05, 0) is 43.4 Å².